The third kappa shape index (κ3) is 7.76. The zero-order valence-corrected chi connectivity index (χ0v) is 14.0. The van der Waals surface area contributed by atoms with Crippen LogP contribution in [0.25, 0.3) is 0 Å². The van der Waals surface area contributed by atoms with Gasteiger partial charge in [0, 0.05) is 0 Å². The molecule has 0 aliphatic rings. The highest BCUT2D eigenvalue weighted by molar-refractivity contribution is 5.77. The standard InChI is InChI=1S/C17H26N2O4/c1-17(2,3)23-16(21)14(19)10-9-13(18)15(20)22-11-12-7-5-4-6-8-12/h4-8,13-14H,9-11,18-19H2,1-3H3/t13?,14-/m1/s1. The van der Waals surface area contributed by atoms with Crippen LogP contribution in [0.5, 0.6) is 0 Å². The van der Waals surface area contributed by atoms with Crippen molar-refractivity contribution in [1.82, 2.24) is 0 Å². The van der Waals surface area contributed by atoms with Gasteiger partial charge in [0.1, 0.15) is 24.3 Å². The van der Waals surface area contributed by atoms with Crippen LogP contribution in [0.4, 0.5) is 0 Å². The van der Waals surface area contributed by atoms with E-state index in [-0.39, 0.29) is 19.4 Å². The second-order valence-electron chi connectivity index (χ2n) is 6.42. The molecule has 128 valence electrons. The Kier molecular flexibility index (Phi) is 7.19. The first-order valence-corrected chi connectivity index (χ1v) is 7.63. The van der Waals surface area contributed by atoms with Gasteiger partial charge in [-0.2, -0.15) is 0 Å². The van der Waals surface area contributed by atoms with Crippen molar-refractivity contribution in [2.45, 2.75) is 57.9 Å². The highest BCUT2D eigenvalue weighted by Crippen LogP contribution is 2.10. The van der Waals surface area contributed by atoms with Crippen molar-refractivity contribution >= 4 is 11.9 Å². The lowest BCUT2D eigenvalue weighted by Gasteiger charge is -2.22. The quantitative estimate of drug-likeness (QED) is 0.737. The fourth-order valence-electron chi connectivity index (χ4n) is 1.81. The van der Waals surface area contributed by atoms with Gasteiger partial charge >= 0.3 is 11.9 Å². The van der Waals surface area contributed by atoms with Crippen LogP contribution in [-0.2, 0) is 25.7 Å². The number of hydrogen-bond donors (Lipinski definition) is 2. The van der Waals surface area contributed by atoms with Crippen molar-refractivity contribution in [3.63, 3.8) is 0 Å². The smallest absolute Gasteiger partial charge is 0.323 e. The third-order valence-corrected chi connectivity index (χ3v) is 3.02. The Morgan fingerprint density at radius 1 is 1.00 bits per heavy atom. The van der Waals surface area contributed by atoms with E-state index in [1.807, 2.05) is 30.3 Å². The maximum absolute atomic E-state index is 11.8. The third-order valence-electron chi connectivity index (χ3n) is 3.02. The van der Waals surface area contributed by atoms with Crippen LogP contribution in [0.15, 0.2) is 30.3 Å². The lowest BCUT2D eigenvalue weighted by Crippen LogP contribution is -2.40. The average molecular weight is 322 g/mol. The minimum Gasteiger partial charge on any atom is -0.460 e. The number of rotatable bonds is 7. The van der Waals surface area contributed by atoms with Gasteiger partial charge in [0.25, 0.3) is 0 Å². The van der Waals surface area contributed by atoms with Crippen molar-refractivity contribution < 1.29 is 19.1 Å². The molecule has 0 aliphatic heterocycles. The second kappa shape index (κ2) is 8.64. The van der Waals surface area contributed by atoms with E-state index in [4.69, 9.17) is 20.9 Å². The monoisotopic (exact) mass is 322 g/mol. The topological polar surface area (TPSA) is 105 Å². The molecule has 0 bridgehead atoms. The van der Waals surface area contributed by atoms with Crippen molar-refractivity contribution in [1.29, 1.82) is 0 Å². The van der Waals surface area contributed by atoms with Crippen LogP contribution in [0.2, 0.25) is 0 Å². The van der Waals surface area contributed by atoms with E-state index in [1.54, 1.807) is 20.8 Å². The number of hydrogen-bond acceptors (Lipinski definition) is 6. The fourth-order valence-corrected chi connectivity index (χ4v) is 1.81. The SMILES string of the molecule is CC(C)(C)OC(=O)[C@H](N)CCC(N)C(=O)OCc1ccccc1. The highest BCUT2D eigenvalue weighted by atomic mass is 16.6. The fraction of sp³-hybridized carbons (Fsp3) is 0.529. The first-order chi connectivity index (χ1) is 10.7. The van der Waals surface area contributed by atoms with E-state index < -0.39 is 29.6 Å². The normalized spacial score (nSPS) is 14.0. The molecule has 0 amide bonds. The zero-order chi connectivity index (χ0) is 17.5. The van der Waals surface area contributed by atoms with Gasteiger partial charge in [-0.15, -0.1) is 0 Å². The number of benzene rings is 1. The summed E-state index contributed by atoms with van der Waals surface area (Å²) in [6, 6.07) is 7.71. The Morgan fingerprint density at radius 2 is 1.52 bits per heavy atom. The van der Waals surface area contributed by atoms with Crippen LogP contribution < -0.4 is 11.5 Å². The van der Waals surface area contributed by atoms with Crippen LogP contribution >= 0.6 is 0 Å². The van der Waals surface area contributed by atoms with Gasteiger partial charge in [0.15, 0.2) is 0 Å². The Balaban J connectivity index is 2.33. The molecule has 0 aromatic heterocycles. The lowest BCUT2D eigenvalue weighted by molar-refractivity contribution is -0.157. The summed E-state index contributed by atoms with van der Waals surface area (Å²) in [7, 11) is 0. The van der Waals surface area contributed by atoms with Gasteiger partial charge in [0.05, 0.1) is 0 Å². The predicted molar refractivity (Wildman–Crippen MR) is 87.3 cm³/mol. The number of esters is 2. The van der Waals surface area contributed by atoms with Gasteiger partial charge in [-0.25, -0.2) is 0 Å². The molecule has 6 heteroatoms. The lowest BCUT2D eigenvalue weighted by atomic mass is 10.1. The first-order valence-electron chi connectivity index (χ1n) is 7.63. The summed E-state index contributed by atoms with van der Waals surface area (Å²) in [5, 5.41) is 0. The molecule has 6 nitrogen and oxygen atoms in total. The molecule has 1 aromatic carbocycles. The number of nitrogens with two attached hydrogens (primary N) is 2. The minimum absolute atomic E-state index is 0.172. The van der Waals surface area contributed by atoms with E-state index in [9.17, 15) is 9.59 Å². The van der Waals surface area contributed by atoms with Crippen molar-refractivity contribution in [3.8, 4) is 0 Å². The van der Waals surface area contributed by atoms with Gasteiger partial charge in [0.2, 0.25) is 0 Å². The molecule has 4 N–H and O–H groups in total. The van der Waals surface area contributed by atoms with Gasteiger partial charge in [-0.05, 0) is 39.2 Å². The molecule has 0 saturated carbocycles. The summed E-state index contributed by atoms with van der Waals surface area (Å²) in [4.78, 5) is 23.6. The molecule has 1 rings (SSSR count). The average Bonchev–Trinajstić information content (AvgIpc) is 2.49. The van der Waals surface area contributed by atoms with E-state index in [2.05, 4.69) is 0 Å². The number of carbonyl (C=O) groups excluding carboxylic acids is 2. The first kappa shape index (κ1) is 19.1. The van der Waals surface area contributed by atoms with E-state index in [1.165, 1.54) is 0 Å². The Bertz CT molecular complexity index is 511. The summed E-state index contributed by atoms with van der Waals surface area (Å²) in [6.07, 6.45) is 0.518. The predicted octanol–water partition coefficient (Wildman–Crippen LogP) is 1.51. The summed E-state index contributed by atoms with van der Waals surface area (Å²) in [5.41, 5.74) is 11.8. The maximum Gasteiger partial charge on any atom is 0.323 e. The molecular formula is C17H26N2O4. The summed E-state index contributed by atoms with van der Waals surface area (Å²) in [6.45, 7) is 5.48. The largest absolute Gasteiger partial charge is 0.460 e. The molecule has 0 fully saturated rings. The van der Waals surface area contributed by atoms with E-state index in [0.717, 1.165) is 5.56 Å². The van der Waals surface area contributed by atoms with Crippen molar-refractivity contribution in [2.24, 2.45) is 11.5 Å². The second-order valence-corrected chi connectivity index (χ2v) is 6.42. The minimum atomic E-state index is -0.813. The molecule has 2 atom stereocenters. The number of ether oxygens (including phenoxy) is 2. The summed E-state index contributed by atoms with van der Waals surface area (Å²) >= 11 is 0. The van der Waals surface area contributed by atoms with Crippen LogP contribution in [0.3, 0.4) is 0 Å². The van der Waals surface area contributed by atoms with Gasteiger partial charge in [-0.3, -0.25) is 9.59 Å². The van der Waals surface area contributed by atoms with Gasteiger partial charge in [-0.1, -0.05) is 30.3 Å². The van der Waals surface area contributed by atoms with E-state index in [0.29, 0.717) is 0 Å². The molecule has 0 spiro atoms. The number of carbonyl (C=O) groups is 2. The van der Waals surface area contributed by atoms with Crippen LogP contribution in [-0.4, -0.2) is 29.6 Å². The summed E-state index contributed by atoms with van der Waals surface area (Å²) < 4.78 is 10.3. The van der Waals surface area contributed by atoms with Crippen LogP contribution in [0.1, 0.15) is 39.2 Å². The maximum atomic E-state index is 11.8. The van der Waals surface area contributed by atoms with Crippen molar-refractivity contribution in [2.75, 3.05) is 0 Å². The molecule has 23 heavy (non-hydrogen) atoms. The highest BCUT2D eigenvalue weighted by Gasteiger charge is 2.24. The Labute approximate surface area is 137 Å². The summed E-state index contributed by atoms with van der Waals surface area (Å²) in [5.74, 6) is -1.01. The molecular weight excluding hydrogens is 296 g/mol. The molecule has 0 radical (unpaired) electrons. The Morgan fingerprint density at radius 3 is 2.04 bits per heavy atom. The zero-order valence-electron chi connectivity index (χ0n) is 14.0. The Hall–Kier alpha value is -1.92. The molecule has 0 aliphatic carbocycles. The van der Waals surface area contributed by atoms with Crippen molar-refractivity contribution in [3.05, 3.63) is 35.9 Å². The molecule has 0 saturated heterocycles. The molecule has 1 unspecified atom stereocenters. The molecule has 0 heterocycles. The van der Waals surface area contributed by atoms with E-state index >= 15 is 0 Å². The van der Waals surface area contributed by atoms with Gasteiger partial charge < -0.3 is 20.9 Å². The molecule has 1 aromatic rings. The van der Waals surface area contributed by atoms with Crippen LogP contribution in [0, 0.1) is 0 Å².